The average Bonchev–Trinajstić information content (AvgIpc) is 2.82. The highest BCUT2D eigenvalue weighted by Gasteiger charge is 2.31. The number of likely N-dealkylation sites (N-methyl/N-ethyl adjacent to an activating group) is 1. The van der Waals surface area contributed by atoms with Gasteiger partial charge in [-0.3, -0.25) is 0 Å². The lowest BCUT2D eigenvalue weighted by Gasteiger charge is -2.12. The number of nitrogens with one attached hydrogen (secondary N) is 1. The largest absolute Gasteiger partial charge is 0.354 e. The SMILES string of the molecule is CN1C[C@H](F)[C@H](Nc2nc3nnccc3s2)C1. The summed E-state index contributed by atoms with van der Waals surface area (Å²) in [5.74, 6) is 0. The molecule has 0 aliphatic carbocycles. The second-order valence-corrected chi connectivity index (χ2v) is 5.26. The quantitative estimate of drug-likeness (QED) is 0.870. The Morgan fingerprint density at radius 3 is 3.12 bits per heavy atom. The van der Waals surface area contributed by atoms with Crippen LogP contribution in [0.2, 0.25) is 0 Å². The van der Waals surface area contributed by atoms with Crippen molar-refractivity contribution in [2.24, 2.45) is 0 Å². The Bertz CT molecular complexity index is 497. The van der Waals surface area contributed by atoms with Crippen molar-refractivity contribution in [3.8, 4) is 0 Å². The van der Waals surface area contributed by atoms with Gasteiger partial charge in [-0.2, -0.15) is 10.1 Å². The molecule has 0 saturated carbocycles. The Morgan fingerprint density at radius 2 is 2.41 bits per heavy atom. The monoisotopic (exact) mass is 253 g/mol. The number of hydrogen-bond acceptors (Lipinski definition) is 6. The van der Waals surface area contributed by atoms with Crippen LogP contribution in [0, 0.1) is 0 Å². The van der Waals surface area contributed by atoms with E-state index in [4.69, 9.17) is 0 Å². The molecule has 2 aromatic heterocycles. The van der Waals surface area contributed by atoms with Crippen LogP contribution in [0.5, 0.6) is 0 Å². The third-order valence-electron chi connectivity index (χ3n) is 2.82. The number of fused-ring (bicyclic) bond motifs is 1. The van der Waals surface area contributed by atoms with Crippen LogP contribution in [0.3, 0.4) is 0 Å². The van der Waals surface area contributed by atoms with Gasteiger partial charge in [-0.05, 0) is 13.1 Å². The predicted molar refractivity (Wildman–Crippen MR) is 65.0 cm³/mol. The molecule has 1 saturated heterocycles. The van der Waals surface area contributed by atoms with Crippen molar-refractivity contribution in [1.29, 1.82) is 0 Å². The first kappa shape index (κ1) is 10.8. The molecule has 0 unspecified atom stereocenters. The fourth-order valence-electron chi connectivity index (χ4n) is 2.00. The molecule has 1 fully saturated rings. The van der Waals surface area contributed by atoms with Crippen LogP contribution in [0.25, 0.3) is 10.3 Å². The average molecular weight is 253 g/mol. The summed E-state index contributed by atoms with van der Waals surface area (Å²) in [6.45, 7) is 1.17. The van der Waals surface area contributed by atoms with E-state index in [9.17, 15) is 4.39 Å². The third-order valence-corrected chi connectivity index (χ3v) is 3.76. The number of anilines is 1. The minimum Gasteiger partial charge on any atom is -0.354 e. The maximum Gasteiger partial charge on any atom is 0.194 e. The van der Waals surface area contributed by atoms with Crippen molar-refractivity contribution >= 4 is 26.8 Å². The van der Waals surface area contributed by atoms with Gasteiger partial charge in [-0.25, -0.2) is 4.39 Å². The highest BCUT2D eigenvalue weighted by molar-refractivity contribution is 7.22. The summed E-state index contributed by atoms with van der Waals surface area (Å²) in [5.41, 5.74) is 0.613. The molecule has 90 valence electrons. The molecule has 17 heavy (non-hydrogen) atoms. The van der Waals surface area contributed by atoms with Crippen LogP contribution in [0.1, 0.15) is 0 Å². The van der Waals surface area contributed by atoms with Gasteiger partial charge in [-0.1, -0.05) is 11.3 Å². The molecule has 2 aromatic rings. The molecule has 1 N–H and O–H groups in total. The standard InChI is InChI=1S/C10H12FN5S/c1-16-4-6(11)7(5-16)13-10-14-9-8(17-10)2-3-12-15-9/h2-3,6-7H,4-5H2,1H3,(H,13,14,15)/t6-,7+/m0/s1. The number of likely N-dealkylation sites (tertiary alicyclic amines) is 1. The Kier molecular flexibility index (Phi) is 2.64. The van der Waals surface area contributed by atoms with E-state index in [1.807, 2.05) is 18.0 Å². The van der Waals surface area contributed by atoms with E-state index in [0.717, 1.165) is 4.70 Å². The van der Waals surface area contributed by atoms with Gasteiger partial charge in [0.25, 0.3) is 0 Å². The van der Waals surface area contributed by atoms with Gasteiger partial charge in [-0.15, -0.1) is 5.10 Å². The molecular formula is C10H12FN5S. The summed E-state index contributed by atoms with van der Waals surface area (Å²) in [6.07, 6.45) is 0.782. The number of thiazole rings is 1. The minimum absolute atomic E-state index is 0.187. The fourth-order valence-corrected chi connectivity index (χ4v) is 2.86. The van der Waals surface area contributed by atoms with E-state index >= 15 is 0 Å². The van der Waals surface area contributed by atoms with Crippen molar-refractivity contribution in [2.45, 2.75) is 12.2 Å². The molecule has 0 amide bonds. The van der Waals surface area contributed by atoms with Crippen LogP contribution in [0.4, 0.5) is 9.52 Å². The maximum absolute atomic E-state index is 13.6. The van der Waals surface area contributed by atoms with E-state index in [2.05, 4.69) is 20.5 Å². The molecule has 3 rings (SSSR count). The number of halogens is 1. The van der Waals surface area contributed by atoms with Gasteiger partial charge in [0.1, 0.15) is 6.17 Å². The highest BCUT2D eigenvalue weighted by Crippen LogP contribution is 2.25. The number of nitrogens with zero attached hydrogens (tertiary/aromatic N) is 4. The Balaban J connectivity index is 1.80. The topological polar surface area (TPSA) is 53.9 Å². The lowest BCUT2D eigenvalue weighted by Crippen LogP contribution is -2.29. The summed E-state index contributed by atoms with van der Waals surface area (Å²) in [5, 5.41) is 11.5. The number of alkyl halides is 1. The van der Waals surface area contributed by atoms with Crippen molar-refractivity contribution in [1.82, 2.24) is 20.1 Å². The van der Waals surface area contributed by atoms with E-state index in [1.54, 1.807) is 6.20 Å². The number of aromatic nitrogens is 3. The van der Waals surface area contributed by atoms with Gasteiger partial charge in [0.05, 0.1) is 16.9 Å². The van der Waals surface area contributed by atoms with E-state index in [0.29, 0.717) is 23.9 Å². The van der Waals surface area contributed by atoms with Crippen molar-refractivity contribution in [3.63, 3.8) is 0 Å². The smallest absolute Gasteiger partial charge is 0.194 e. The molecule has 3 heterocycles. The first-order chi connectivity index (χ1) is 8.22. The van der Waals surface area contributed by atoms with Gasteiger partial charge in [0, 0.05) is 13.1 Å². The first-order valence-electron chi connectivity index (χ1n) is 5.40. The molecule has 0 spiro atoms. The fraction of sp³-hybridized carbons (Fsp3) is 0.500. The lowest BCUT2D eigenvalue weighted by atomic mass is 10.2. The molecule has 2 atom stereocenters. The van der Waals surface area contributed by atoms with Crippen LogP contribution in [-0.4, -0.2) is 52.4 Å². The van der Waals surface area contributed by atoms with Gasteiger partial charge in [0.15, 0.2) is 10.8 Å². The van der Waals surface area contributed by atoms with Crippen LogP contribution >= 0.6 is 11.3 Å². The van der Waals surface area contributed by atoms with E-state index in [1.165, 1.54) is 11.3 Å². The predicted octanol–water partition coefficient (Wildman–Crippen LogP) is 1.15. The van der Waals surface area contributed by atoms with Gasteiger partial charge >= 0.3 is 0 Å². The Hall–Kier alpha value is -1.34. The van der Waals surface area contributed by atoms with Gasteiger partial charge in [0.2, 0.25) is 0 Å². The van der Waals surface area contributed by atoms with Crippen molar-refractivity contribution in [3.05, 3.63) is 12.3 Å². The summed E-state index contributed by atoms with van der Waals surface area (Å²) >= 11 is 1.48. The first-order valence-corrected chi connectivity index (χ1v) is 6.21. The normalized spacial score (nSPS) is 25.5. The highest BCUT2D eigenvalue weighted by atomic mass is 32.1. The number of rotatable bonds is 2. The molecular weight excluding hydrogens is 241 g/mol. The second-order valence-electron chi connectivity index (χ2n) is 4.23. The van der Waals surface area contributed by atoms with E-state index < -0.39 is 6.17 Å². The lowest BCUT2D eigenvalue weighted by molar-refractivity contribution is 0.314. The van der Waals surface area contributed by atoms with Crippen molar-refractivity contribution in [2.75, 3.05) is 25.5 Å². The second kappa shape index (κ2) is 4.15. The molecule has 5 nitrogen and oxygen atoms in total. The van der Waals surface area contributed by atoms with Crippen LogP contribution in [0.15, 0.2) is 12.3 Å². The third kappa shape index (κ3) is 2.07. The minimum atomic E-state index is -0.849. The zero-order valence-corrected chi connectivity index (χ0v) is 10.1. The molecule has 0 radical (unpaired) electrons. The van der Waals surface area contributed by atoms with E-state index in [-0.39, 0.29) is 6.04 Å². The molecule has 7 heteroatoms. The van der Waals surface area contributed by atoms with Crippen LogP contribution in [-0.2, 0) is 0 Å². The maximum atomic E-state index is 13.6. The van der Waals surface area contributed by atoms with Crippen molar-refractivity contribution < 1.29 is 4.39 Å². The zero-order chi connectivity index (χ0) is 11.8. The molecule has 0 bridgehead atoms. The molecule has 1 aliphatic rings. The summed E-state index contributed by atoms with van der Waals surface area (Å²) in [7, 11) is 1.91. The molecule has 0 aromatic carbocycles. The Labute approximate surface area is 102 Å². The summed E-state index contributed by atoms with van der Waals surface area (Å²) in [4.78, 5) is 6.25. The summed E-state index contributed by atoms with van der Waals surface area (Å²) in [6, 6.07) is 1.67. The number of hydrogen-bond donors (Lipinski definition) is 1. The van der Waals surface area contributed by atoms with Crippen LogP contribution < -0.4 is 5.32 Å². The zero-order valence-electron chi connectivity index (χ0n) is 9.30. The van der Waals surface area contributed by atoms with Gasteiger partial charge < -0.3 is 10.2 Å². The Morgan fingerprint density at radius 1 is 1.53 bits per heavy atom. The molecule has 1 aliphatic heterocycles. The summed E-state index contributed by atoms with van der Waals surface area (Å²) < 4.78 is 14.6.